The number of pyridine rings is 2. The van der Waals surface area contributed by atoms with Gasteiger partial charge >= 0.3 is 0 Å². The molecule has 0 saturated carbocycles. The molecule has 1 aliphatic rings. The van der Waals surface area contributed by atoms with Gasteiger partial charge in [0, 0.05) is 62.6 Å². The highest BCUT2D eigenvalue weighted by Crippen LogP contribution is 2.23. The SMILES string of the molecule is CCN1CCN(c2ccc(-c3cc(NCCc4cccc5c(C(=O)NC)ccnc45)ncn3)cn2)CC1=O. The second-order valence-corrected chi connectivity index (χ2v) is 9.02. The van der Waals surface area contributed by atoms with E-state index in [0.717, 1.165) is 46.6 Å². The number of aromatic nitrogens is 4. The molecule has 4 aromatic rings. The van der Waals surface area contributed by atoms with Gasteiger partial charge in [-0.3, -0.25) is 14.6 Å². The lowest BCUT2D eigenvalue weighted by Crippen LogP contribution is -2.50. The minimum Gasteiger partial charge on any atom is -0.370 e. The maximum absolute atomic E-state index is 12.2. The summed E-state index contributed by atoms with van der Waals surface area (Å²) in [6.07, 6.45) is 5.69. The van der Waals surface area contributed by atoms with E-state index < -0.39 is 0 Å². The van der Waals surface area contributed by atoms with Crippen molar-refractivity contribution in [3.05, 3.63) is 72.3 Å². The number of anilines is 2. The first-order valence-corrected chi connectivity index (χ1v) is 12.7. The van der Waals surface area contributed by atoms with E-state index in [-0.39, 0.29) is 11.8 Å². The molecule has 2 amide bonds. The summed E-state index contributed by atoms with van der Waals surface area (Å²) in [5.74, 6) is 1.49. The van der Waals surface area contributed by atoms with E-state index in [1.54, 1.807) is 25.5 Å². The maximum atomic E-state index is 12.2. The average Bonchev–Trinajstić information content (AvgIpc) is 2.97. The van der Waals surface area contributed by atoms with Crippen molar-refractivity contribution in [1.29, 1.82) is 0 Å². The molecule has 0 unspecified atom stereocenters. The van der Waals surface area contributed by atoms with Gasteiger partial charge in [-0.2, -0.15) is 0 Å². The zero-order valence-electron chi connectivity index (χ0n) is 21.5. The Morgan fingerprint density at radius 1 is 1.05 bits per heavy atom. The molecule has 1 aliphatic heterocycles. The Labute approximate surface area is 221 Å². The number of para-hydroxylation sites is 1. The third-order valence-corrected chi connectivity index (χ3v) is 6.76. The Morgan fingerprint density at radius 2 is 1.95 bits per heavy atom. The Kier molecular flexibility index (Phi) is 7.39. The molecular weight excluding hydrogens is 480 g/mol. The normalized spacial score (nSPS) is 13.6. The van der Waals surface area contributed by atoms with Crippen LogP contribution in [0.5, 0.6) is 0 Å². The molecule has 1 fully saturated rings. The first kappa shape index (κ1) is 25.1. The number of likely N-dealkylation sites (N-methyl/N-ethyl adjacent to an activating group) is 1. The lowest BCUT2D eigenvalue weighted by Gasteiger charge is -2.34. The molecule has 1 aromatic carbocycles. The second-order valence-electron chi connectivity index (χ2n) is 9.02. The molecule has 194 valence electrons. The van der Waals surface area contributed by atoms with Gasteiger partial charge < -0.3 is 20.4 Å². The molecule has 0 bridgehead atoms. The van der Waals surface area contributed by atoms with Gasteiger partial charge in [-0.15, -0.1) is 0 Å². The van der Waals surface area contributed by atoms with Crippen LogP contribution < -0.4 is 15.5 Å². The number of nitrogens with one attached hydrogen (secondary N) is 2. The third-order valence-electron chi connectivity index (χ3n) is 6.76. The topological polar surface area (TPSA) is 116 Å². The summed E-state index contributed by atoms with van der Waals surface area (Å²) in [7, 11) is 1.62. The van der Waals surface area contributed by atoms with Crippen LogP contribution in [-0.4, -0.2) is 76.4 Å². The van der Waals surface area contributed by atoms with E-state index in [0.29, 0.717) is 37.4 Å². The van der Waals surface area contributed by atoms with Gasteiger partial charge in [-0.25, -0.2) is 15.0 Å². The Balaban J connectivity index is 1.24. The molecule has 0 atom stereocenters. The van der Waals surface area contributed by atoms with Gasteiger partial charge in [-0.1, -0.05) is 18.2 Å². The van der Waals surface area contributed by atoms with Crippen molar-refractivity contribution in [1.82, 2.24) is 30.2 Å². The highest BCUT2D eigenvalue weighted by atomic mass is 16.2. The predicted octanol–water partition coefficient (Wildman–Crippen LogP) is 2.77. The summed E-state index contributed by atoms with van der Waals surface area (Å²) < 4.78 is 0. The number of nitrogens with zero attached hydrogens (tertiary/aromatic N) is 6. The largest absolute Gasteiger partial charge is 0.370 e. The van der Waals surface area contributed by atoms with Gasteiger partial charge in [0.25, 0.3) is 5.91 Å². The fraction of sp³-hybridized carbons (Fsp3) is 0.286. The zero-order valence-corrected chi connectivity index (χ0v) is 21.5. The Bertz CT molecular complexity index is 1460. The van der Waals surface area contributed by atoms with Crippen molar-refractivity contribution >= 4 is 34.4 Å². The maximum Gasteiger partial charge on any atom is 0.251 e. The number of carbonyl (C=O) groups excluding carboxylic acids is 2. The molecule has 2 N–H and O–H groups in total. The minimum absolute atomic E-state index is 0.127. The summed E-state index contributed by atoms with van der Waals surface area (Å²) >= 11 is 0. The van der Waals surface area contributed by atoms with E-state index in [2.05, 4.69) is 30.6 Å². The first-order chi connectivity index (χ1) is 18.6. The van der Waals surface area contributed by atoms with Crippen LogP contribution in [0.25, 0.3) is 22.2 Å². The van der Waals surface area contributed by atoms with E-state index >= 15 is 0 Å². The van der Waals surface area contributed by atoms with Crippen LogP contribution in [-0.2, 0) is 11.2 Å². The molecule has 3 aromatic heterocycles. The molecule has 0 aliphatic carbocycles. The molecule has 1 saturated heterocycles. The molecule has 5 rings (SSSR count). The van der Waals surface area contributed by atoms with Crippen LogP contribution in [0.15, 0.2) is 61.2 Å². The van der Waals surface area contributed by atoms with E-state index in [1.807, 2.05) is 53.1 Å². The number of benzene rings is 1. The lowest BCUT2D eigenvalue weighted by atomic mass is 10.0. The summed E-state index contributed by atoms with van der Waals surface area (Å²) in [6, 6.07) is 13.4. The number of rotatable bonds is 8. The molecule has 0 spiro atoms. The van der Waals surface area contributed by atoms with Crippen molar-refractivity contribution in [3.8, 4) is 11.3 Å². The van der Waals surface area contributed by atoms with Gasteiger partial charge in [0.05, 0.1) is 23.3 Å². The van der Waals surface area contributed by atoms with Crippen molar-refractivity contribution in [2.45, 2.75) is 13.3 Å². The smallest absolute Gasteiger partial charge is 0.251 e. The van der Waals surface area contributed by atoms with Crippen LogP contribution >= 0.6 is 0 Å². The summed E-state index contributed by atoms with van der Waals surface area (Å²) in [6.45, 7) is 5.20. The van der Waals surface area contributed by atoms with Gasteiger partial charge in [0.2, 0.25) is 5.91 Å². The van der Waals surface area contributed by atoms with Crippen molar-refractivity contribution < 1.29 is 9.59 Å². The van der Waals surface area contributed by atoms with Crippen LogP contribution in [0, 0.1) is 0 Å². The van der Waals surface area contributed by atoms with Crippen LogP contribution in [0.4, 0.5) is 11.6 Å². The van der Waals surface area contributed by atoms with Crippen LogP contribution in [0.1, 0.15) is 22.8 Å². The summed E-state index contributed by atoms with van der Waals surface area (Å²) in [4.78, 5) is 46.2. The lowest BCUT2D eigenvalue weighted by molar-refractivity contribution is -0.130. The second kappa shape index (κ2) is 11.2. The average molecular weight is 511 g/mol. The van der Waals surface area contributed by atoms with E-state index in [4.69, 9.17) is 0 Å². The van der Waals surface area contributed by atoms with E-state index in [9.17, 15) is 9.59 Å². The third kappa shape index (κ3) is 5.24. The quantitative estimate of drug-likeness (QED) is 0.372. The van der Waals surface area contributed by atoms with Gasteiger partial charge in [0.1, 0.15) is 18.0 Å². The monoisotopic (exact) mass is 510 g/mol. The fourth-order valence-electron chi connectivity index (χ4n) is 4.67. The first-order valence-electron chi connectivity index (χ1n) is 12.7. The molecular formula is C28H30N8O2. The van der Waals surface area contributed by atoms with Crippen LogP contribution in [0.3, 0.4) is 0 Å². The highest BCUT2D eigenvalue weighted by molar-refractivity contribution is 6.06. The number of piperazine rings is 1. The number of hydrogen-bond acceptors (Lipinski definition) is 8. The zero-order chi connectivity index (χ0) is 26.5. The van der Waals surface area contributed by atoms with Crippen molar-refractivity contribution in [2.75, 3.05) is 50.0 Å². The van der Waals surface area contributed by atoms with E-state index in [1.165, 1.54) is 6.33 Å². The molecule has 10 heteroatoms. The summed E-state index contributed by atoms with van der Waals surface area (Å²) in [5, 5.41) is 6.89. The Morgan fingerprint density at radius 3 is 2.71 bits per heavy atom. The van der Waals surface area contributed by atoms with Gasteiger partial charge in [0.15, 0.2) is 0 Å². The standard InChI is InChI=1S/C28H30N8O2/c1-3-35-13-14-36(17-26(35)37)25-8-7-20(16-32-25)23-15-24(34-18-33-23)30-11-9-19-5-4-6-21-22(28(38)29-2)10-12-31-27(19)21/h4-8,10,12,15-16,18H,3,9,11,13-14,17H2,1-2H3,(H,29,38)(H,30,33,34). The van der Waals surface area contributed by atoms with Crippen molar-refractivity contribution in [2.24, 2.45) is 0 Å². The van der Waals surface area contributed by atoms with Crippen molar-refractivity contribution in [3.63, 3.8) is 0 Å². The number of fused-ring (bicyclic) bond motifs is 1. The molecule has 10 nitrogen and oxygen atoms in total. The summed E-state index contributed by atoms with van der Waals surface area (Å²) in [5.41, 5.74) is 4.12. The predicted molar refractivity (Wildman–Crippen MR) is 147 cm³/mol. The number of amides is 2. The Hall–Kier alpha value is -4.60. The molecule has 0 radical (unpaired) electrons. The number of carbonyl (C=O) groups is 2. The fourth-order valence-corrected chi connectivity index (χ4v) is 4.67. The molecule has 38 heavy (non-hydrogen) atoms. The van der Waals surface area contributed by atoms with Gasteiger partial charge in [-0.05, 0) is 37.1 Å². The molecule has 4 heterocycles. The minimum atomic E-state index is -0.128. The van der Waals surface area contributed by atoms with Crippen LogP contribution in [0.2, 0.25) is 0 Å². The number of hydrogen-bond donors (Lipinski definition) is 2. The highest BCUT2D eigenvalue weighted by Gasteiger charge is 2.23.